The van der Waals surface area contributed by atoms with Crippen LogP contribution in [0, 0.1) is 13.8 Å². The molecule has 3 aromatic rings. The molecule has 11 heteroatoms. The number of carbonyl (C=O) groups excluding carboxylic acids is 1. The van der Waals surface area contributed by atoms with Crippen molar-refractivity contribution in [2.75, 3.05) is 16.6 Å². The lowest BCUT2D eigenvalue weighted by atomic mass is 10.3. The molecule has 0 saturated heterocycles. The van der Waals surface area contributed by atoms with Crippen molar-refractivity contribution >= 4 is 27.4 Å². The fourth-order valence-corrected chi connectivity index (χ4v) is 4.05. The lowest BCUT2D eigenvalue weighted by molar-refractivity contribution is 0.102. The number of aryl methyl sites for hydroxylation is 3. The Morgan fingerprint density at radius 3 is 2.60 bits per heavy atom. The highest BCUT2D eigenvalue weighted by molar-refractivity contribution is 7.92. The number of hydrogen-bond acceptors (Lipinski definition) is 7. The van der Waals surface area contributed by atoms with Crippen molar-refractivity contribution in [3.8, 4) is 5.88 Å². The van der Waals surface area contributed by atoms with E-state index < -0.39 is 15.9 Å². The Labute approximate surface area is 173 Å². The number of carbonyl (C=O) groups is 1. The van der Waals surface area contributed by atoms with Gasteiger partial charge in [0.25, 0.3) is 15.9 Å². The van der Waals surface area contributed by atoms with Gasteiger partial charge in [0.05, 0.1) is 11.5 Å². The van der Waals surface area contributed by atoms with Crippen LogP contribution in [-0.4, -0.2) is 40.7 Å². The molecule has 2 aromatic heterocycles. The lowest BCUT2D eigenvalue weighted by Gasteiger charge is -2.13. The number of anilines is 2. The highest BCUT2D eigenvalue weighted by Gasteiger charge is 2.19. The van der Waals surface area contributed by atoms with Gasteiger partial charge in [-0.1, -0.05) is 0 Å². The average Bonchev–Trinajstić information content (AvgIpc) is 3.11. The molecule has 156 valence electrons. The first-order valence-corrected chi connectivity index (χ1v) is 10.8. The Balaban J connectivity index is 1.46. The number of rotatable bonds is 5. The summed E-state index contributed by atoms with van der Waals surface area (Å²) in [6.07, 6.45) is 0.841. The predicted molar refractivity (Wildman–Crippen MR) is 109 cm³/mol. The van der Waals surface area contributed by atoms with Crippen LogP contribution in [0.15, 0.2) is 41.3 Å². The van der Waals surface area contributed by atoms with Gasteiger partial charge in [-0.25, -0.2) is 23.1 Å². The summed E-state index contributed by atoms with van der Waals surface area (Å²) in [6.45, 7) is 4.75. The van der Waals surface area contributed by atoms with Crippen molar-refractivity contribution < 1.29 is 17.9 Å². The third-order valence-electron chi connectivity index (χ3n) is 4.37. The number of ether oxygens (including phenoxy) is 1. The summed E-state index contributed by atoms with van der Waals surface area (Å²) in [5.41, 5.74) is 1.34. The molecule has 0 unspecified atom stereocenters. The van der Waals surface area contributed by atoms with E-state index >= 15 is 0 Å². The maximum Gasteiger partial charge on any atom is 0.276 e. The molecule has 0 atom stereocenters. The molecule has 1 aliphatic heterocycles. The second-order valence-electron chi connectivity index (χ2n) is 6.82. The number of amides is 1. The summed E-state index contributed by atoms with van der Waals surface area (Å²) in [5, 5.41) is 6.93. The monoisotopic (exact) mass is 428 g/mol. The van der Waals surface area contributed by atoms with E-state index in [0.717, 1.165) is 6.42 Å². The Bertz CT molecular complexity index is 1160. The second kappa shape index (κ2) is 7.75. The average molecular weight is 428 g/mol. The molecule has 0 aliphatic carbocycles. The van der Waals surface area contributed by atoms with Crippen LogP contribution in [0.4, 0.5) is 11.5 Å². The number of nitrogens with zero attached hydrogens (tertiary/aromatic N) is 4. The van der Waals surface area contributed by atoms with E-state index in [2.05, 4.69) is 25.1 Å². The number of nitrogens with one attached hydrogen (secondary N) is 2. The standard InChI is InChI=1S/C19H20N6O4S/c1-12-10-17(21-13(2)20-12)24-30(27,28)15-6-4-14(5-7-15)22-19(26)16-11-18-25(23-16)8-3-9-29-18/h4-7,10-11H,3,8-9H2,1-2H3,(H,22,26)(H,20,21,24). The largest absolute Gasteiger partial charge is 0.478 e. The fraction of sp³-hybridized carbons (Fsp3) is 0.263. The predicted octanol–water partition coefficient (Wildman–Crippen LogP) is 2.13. The zero-order valence-electron chi connectivity index (χ0n) is 16.4. The quantitative estimate of drug-likeness (QED) is 0.637. The SMILES string of the molecule is Cc1cc(NS(=O)(=O)c2ccc(NC(=O)c3cc4n(n3)CCCO4)cc2)nc(C)n1. The zero-order chi connectivity index (χ0) is 21.3. The van der Waals surface area contributed by atoms with E-state index in [1.807, 2.05) is 0 Å². The highest BCUT2D eigenvalue weighted by Crippen LogP contribution is 2.21. The van der Waals surface area contributed by atoms with Crippen molar-refractivity contribution in [2.24, 2.45) is 0 Å². The molecule has 0 saturated carbocycles. The smallest absolute Gasteiger partial charge is 0.276 e. The molecule has 3 heterocycles. The van der Waals surface area contributed by atoms with E-state index in [4.69, 9.17) is 4.74 Å². The first-order valence-electron chi connectivity index (χ1n) is 9.27. The minimum absolute atomic E-state index is 0.0419. The Hall–Kier alpha value is -3.47. The second-order valence-corrected chi connectivity index (χ2v) is 8.50. The van der Waals surface area contributed by atoms with Gasteiger partial charge in [-0.3, -0.25) is 9.52 Å². The first kappa shape index (κ1) is 19.8. The van der Waals surface area contributed by atoms with Gasteiger partial charge in [-0.2, -0.15) is 5.10 Å². The van der Waals surface area contributed by atoms with E-state index in [0.29, 0.717) is 36.2 Å². The van der Waals surface area contributed by atoms with Gasteiger partial charge in [0, 0.05) is 36.5 Å². The lowest BCUT2D eigenvalue weighted by Crippen LogP contribution is -2.16. The van der Waals surface area contributed by atoms with E-state index in [1.54, 1.807) is 30.7 Å². The van der Waals surface area contributed by atoms with Crippen molar-refractivity contribution in [3.63, 3.8) is 0 Å². The van der Waals surface area contributed by atoms with Gasteiger partial charge in [-0.15, -0.1) is 0 Å². The molecule has 1 aromatic carbocycles. The fourth-order valence-electron chi connectivity index (χ4n) is 3.06. The molecule has 4 rings (SSSR count). The summed E-state index contributed by atoms with van der Waals surface area (Å²) >= 11 is 0. The topological polar surface area (TPSA) is 128 Å². The number of sulfonamides is 1. The molecule has 1 aliphatic rings. The zero-order valence-corrected chi connectivity index (χ0v) is 17.2. The number of hydrogen-bond donors (Lipinski definition) is 2. The molecule has 30 heavy (non-hydrogen) atoms. The van der Waals surface area contributed by atoms with Crippen LogP contribution in [0.25, 0.3) is 0 Å². The van der Waals surface area contributed by atoms with Crippen LogP contribution in [0.2, 0.25) is 0 Å². The summed E-state index contributed by atoms with van der Waals surface area (Å²) in [7, 11) is -3.83. The normalized spacial score (nSPS) is 13.3. The minimum atomic E-state index is -3.83. The van der Waals surface area contributed by atoms with Crippen LogP contribution >= 0.6 is 0 Å². The third kappa shape index (κ3) is 4.25. The minimum Gasteiger partial charge on any atom is -0.478 e. The van der Waals surface area contributed by atoms with Crippen LogP contribution < -0.4 is 14.8 Å². The van der Waals surface area contributed by atoms with Crippen LogP contribution in [-0.2, 0) is 16.6 Å². The molecule has 0 bridgehead atoms. The third-order valence-corrected chi connectivity index (χ3v) is 5.74. The van der Waals surface area contributed by atoms with Crippen molar-refractivity contribution in [3.05, 3.63) is 53.6 Å². The maximum atomic E-state index is 12.6. The molecule has 0 radical (unpaired) electrons. The van der Waals surface area contributed by atoms with Gasteiger partial charge in [0.2, 0.25) is 5.88 Å². The summed E-state index contributed by atoms with van der Waals surface area (Å²) in [5.74, 6) is 0.829. The molecule has 0 spiro atoms. The molecule has 1 amide bonds. The van der Waals surface area contributed by atoms with Crippen LogP contribution in [0.3, 0.4) is 0 Å². The van der Waals surface area contributed by atoms with E-state index in [-0.39, 0.29) is 16.4 Å². The summed E-state index contributed by atoms with van der Waals surface area (Å²) in [6, 6.07) is 8.96. The van der Waals surface area contributed by atoms with Gasteiger partial charge in [-0.05, 0) is 38.1 Å². The summed E-state index contributed by atoms with van der Waals surface area (Å²) in [4.78, 5) is 20.7. The van der Waals surface area contributed by atoms with Gasteiger partial charge in [0.15, 0.2) is 5.69 Å². The number of fused-ring (bicyclic) bond motifs is 1. The van der Waals surface area contributed by atoms with Gasteiger partial charge in [0.1, 0.15) is 11.6 Å². The molecular formula is C19H20N6O4S. The number of aromatic nitrogens is 4. The Kier molecular flexibility index (Phi) is 5.12. The van der Waals surface area contributed by atoms with Crippen LogP contribution in [0.1, 0.15) is 28.4 Å². The Morgan fingerprint density at radius 1 is 1.13 bits per heavy atom. The van der Waals surface area contributed by atoms with E-state index in [1.165, 1.54) is 24.3 Å². The van der Waals surface area contributed by atoms with Gasteiger partial charge < -0.3 is 10.1 Å². The van der Waals surface area contributed by atoms with E-state index in [9.17, 15) is 13.2 Å². The van der Waals surface area contributed by atoms with Crippen LogP contribution in [0.5, 0.6) is 5.88 Å². The van der Waals surface area contributed by atoms with Gasteiger partial charge >= 0.3 is 0 Å². The molecule has 2 N–H and O–H groups in total. The first-order chi connectivity index (χ1) is 14.3. The molecular weight excluding hydrogens is 408 g/mol. The van der Waals surface area contributed by atoms with Crippen molar-refractivity contribution in [1.29, 1.82) is 0 Å². The Morgan fingerprint density at radius 2 is 1.90 bits per heavy atom. The highest BCUT2D eigenvalue weighted by atomic mass is 32.2. The number of benzene rings is 1. The summed E-state index contributed by atoms with van der Waals surface area (Å²) < 4.78 is 34.8. The van der Waals surface area contributed by atoms with Crippen molar-refractivity contribution in [1.82, 2.24) is 19.7 Å². The molecule has 0 fully saturated rings. The maximum absolute atomic E-state index is 12.6. The van der Waals surface area contributed by atoms with Crippen molar-refractivity contribution in [2.45, 2.75) is 31.7 Å². The molecule has 10 nitrogen and oxygen atoms in total.